The Morgan fingerprint density at radius 3 is 2.52 bits per heavy atom. The molecule has 1 unspecified atom stereocenters. The second-order valence-electron chi connectivity index (χ2n) is 5.33. The molecule has 1 saturated heterocycles. The summed E-state index contributed by atoms with van der Waals surface area (Å²) in [7, 11) is 4.07. The van der Waals surface area contributed by atoms with Crippen LogP contribution in [-0.4, -0.2) is 61.5 Å². The molecule has 5 heteroatoms. The number of hydrogen-bond acceptors (Lipinski definition) is 5. The van der Waals surface area contributed by atoms with E-state index < -0.39 is 6.10 Å². The number of aliphatic hydroxyl groups is 1. The summed E-state index contributed by atoms with van der Waals surface area (Å²) in [6, 6.07) is 4.12. The number of ether oxygens (including phenoxy) is 1. The lowest BCUT2D eigenvalue weighted by molar-refractivity contribution is 0.0597. The summed E-state index contributed by atoms with van der Waals surface area (Å²) >= 11 is 0. The zero-order valence-corrected chi connectivity index (χ0v) is 16.0. The minimum absolute atomic E-state index is 0.415. The van der Waals surface area contributed by atoms with Gasteiger partial charge in [0.2, 0.25) is 0 Å². The maximum absolute atomic E-state index is 9.85. The molecule has 0 saturated carbocycles. The molecule has 1 fully saturated rings. The second-order valence-corrected chi connectivity index (χ2v) is 5.33. The van der Waals surface area contributed by atoms with Crippen molar-refractivity contribution in [2.75, 3.05) is 45.3 Å². The quantitative estimate of drug-likeness (QED) is 0.926. The fourth-order valence-corrected chi connectivity index (χ4v) is 2.32. The molecule has 1 aromatic rings. The van der Waals surface area contributed by atoms with E-state index in [1.807, 2.05) is 54.8 Å². The molecule has 1 aliphatic heterocycles. The SMILES string of the molecule is CC.CC.Cc1ccc(N2CCOCC(O)C2)c(CN(C)C)n1. The Labute approximate surface area is 142 Å². The molecular weight excluding hydrogens is 290 g/mol. The van der Waals surface area contributed by atoms with Gasteiger partial charge in [0.15, 0.2) is 0 Å². The Morgan fingerprint density at radius 2 is 1.91 bits per heavy atom. The Morgan fingerprint density at radius 1 is 1.26 bits per heavy atom. The Balaban J connectivity index is 0.00000112. The van der Waals surface area contributed by atoms with Gasteiger partial charge in [0.25, 0.3) is 0 Å². The molecule has 0 aliphatic carbocycles. The molecule has 1 N–H and O–H groups in total. The monoisotopic (exact) mass is 325 g/mol. The van der Waals surface area contributed by atoms with E-state index in [0.29, 0.717) is 19.8 Å². The largest absolute Gasteiger partial charge is 0.389 e. The number of aliphatic hydroxyl groups excluding tert-OH is 1. The number of hydrogen-bond donors (Lipinski definition) is 1. The van der Waals surface area contributed by atoms with Gasteiger partial charge in [-0.1, -0.05) is 27.7 Å². The van der Waals surface area contributed by atoms with Crippen molar-refractivity contribution in [2.24, 2.45) is 0 Å². The predicted molar refractivity (Wildman–Crippen MR) is 98.1 cm³/mol. The van der Waals surface area contributed by atoms with Gasteiger partial charge in [0, 0.05) is 25.3 Å². The molecule has 0 radical (unpaired) electrons. The molecule has 1 aliphatic rings. The predicted octanol–water partition coefficient (Wildman–Crippen LogP) is 2.70. The smallest absolute Gasteiger partial charge is 0.0948 e. The average molecular weight is 325 g/mol. The van der Waals surface area contributed by atoms with Gasteiger partial charge in [-0.15, -0.1) is 0 Å². The third kappa shape index (κ3) is 7.77. The van der Waals surface area contributed by atoms with Crippen molar-refractivity contribution in [2.45, 2.75) is 47.3 Å². The first-order valence-corrected chi connectivity index (χ1v) is 8.68. The zero-order valence-electron chi connectivity index (χ0n) is 16.0. The van der Waals surface area contributed by atoms with Gasteiger partial charge in [0.1, 0.15) is 0 Å². The van der Waals surface area contributed by atoms with Crippen molar-refractivity contribution >= 4 is 5.69 Å². The Bertz CT molecular complexity index is 425. The molecule has 23 heavy (non-hydrogen) atoms. The summed E-state index contributed by atoms with van der Waals surface area (Å²) in [5.41, 5.74) is 3.18. The number of rotatable bonds is 3. The van der Waals surface area contributed by atoms with Crippen LogP contribution in [0.4, 0.5) is 5.69 Å². The van der Waals surface area contributed by atoms with E-state index >= 15 is 0 Å². The van der Waals surface area contributed by atoms with Gasteiger partial charge in [-0.3, -0.25) is 4.98 Å². The van der Waals surface area contributed by atoms with Gasteiger partial charge in [-0.25, -0.2) is 0 Å². The molecule has 0 aromatic carbocycles. The summed E-state index contributed by atoms with van der Waals surface area (Å²) in [6.45, 7) is 13.3. The van der Waals surface area contributed by atoms with Gasteiger partial charge in [0.05, 0.1) is 30.7 Å². The van der Waals surface area contributed by atoms with Crippen LogP contribution < -0.4 is 4.90 Å². The molecule has 1 atom stereocenters. The third-order valence-corrected chi connectivity index (χ3v) is 3.14. The summed E-state index contributed by atoms with van der Waals surface area (Å²) < 4.78 is 5.38. The van der Waals surface area contributed by atoms with Crippen LogP contribution in [0.1, 0.15) is 39.1 Å². The normalized spacial score (nSPS) is 17.6. The van der Waals surface area contributed by atoms with Gasteiger partial charge in [-0.2, -0.15) is 0 Å². The number of anilines is 1. The highest BCUT2D eigenvalue weighted by Crippen LogP contribution is 2.21. The van der Waals surface area contributed by atoms with Crippen molar-refractivity contribution in [3.05, 3.63) is 23.5 Å². The molecule has 134 valence electrons. The highest BCUT2D eigenvalue weighted by molar-refractivity contribution is 5.51. The maximum Gasteiger partial charge on any atom is 0.0948 e. The van der Waals surface area contributed by atoms with Crippen LogP contribution in [0.5, 0.6) is 0 Å². The third-order valence-electron chi connectivity index (χ3n) is 3.14. The van der Waals surface area contributed by atoms with E-state index in [4.69, 9.17) is 4.74 Å². The number of pyridine rings is 1. The van der Waals surface area contributed by atoms with Crippen LogP contribution in [0.15, 0.2) is 12.1 Å². The number of aryl methyl sites for hydroxylation is 1. The van der Waals surface area contributed by atoms with E-state index in [1.165, 1.54) is 0 Å². The van der Waals surface area contributed by atoms with Gasteiger partial charge >= 0.3 is 0 Å². The van der Waals surface area contributed by atoms with E-state index in [9.17, 15) is 5.11 Å². The maximum atomic E-state index is 9.85. The molecule has 2 rings (SSSR count). The lowest BCUT2D eigenvalue weighted by Crippen LogP contribution is -2.34. The Hall–Kier alpha value is -1.17. The summed E-state index contributed by atoms with van der Waals surface area (Å²) in [6.07, 6.45) is -0.434. The van der Waals surface area contributed by atoms with E-state index in [1.54, 1.807) is 0 Å². The van der Waals surface area contributed by atoms with Crippen LogP contribution in [0.25, 0.3) is 0 Å². The van der Waals surface area contributed by atoms with E-state index in [-0.39, 0.29) is 0 Å². The minimum Gasteiger partial charge on any atom is -0.389 e. The first-order chi connectivity index (χ1) is 11.1. The first-order valence-electron chi connectivity index (χ1n) is 8.68. The molecule has 0 amide bonds. The van der Waals surface area contributed by atoms with Gasteiger partial charge in [-0.05, 0) is 33.2 Å². The molecule has 0 spiro atoms. The first kappa shape index (κ1) is 21.8. The molecule has 2 heterocycles. The fourth-order valence-electron chi connectivity index (χ4n) is 2.32. The zero-order chi connectivity index (χ0) is 17.8. The molecule has 1 aromatic heterocycles. The highest BCUT2D eigenvalue weighted by atomic mass is 16.5. The number of nitrogens with zero attached hydrogens (tertiary/aromatic N) is 3. The summed E-state index contributed by atoms with van der Waals surface area (Å²) in [4.78, 5) is 8.92. The van der Waals surface area contributed by atoms with Crippen LogP contribution in [0, 0.1) is 6.92 Å². The van der Waals surface area contributed by atoms with Crippen LogP contribution in [0.2, 0.25) is 0 Å². The number of β-amino-alcohol motifs (C(OH)–C–C–N with tert-alkyl or cyclic N) is 1. The van der Waals surface area contributed by atoms with Crippen molar-refractivity contribution in [1.29, 1.82) is 0 Å². The fraction of sp³-hybridized carbons (Fsp3) is 0.722. The lowest BCUT2D eigenvalue weighted by Gasteiger charge is -2.26. The van der Waals surface area contributed by atoms with Crippen molar-refractivity contribution in [3.63, 3.8) is 0 Å². The van der Waals surface area contributed by atoms with Crippen LogP contribution in [-0.2, 0) is 11.3 Å². The minimum atomic E-state index is -0.434. The average Bonchev–Trinajstić information content (AvgIpc) is 2.75. The van der Waals surface area contributed by atoms with Crippen molar-refractivity contribution < 1.29 is 9.84 Å². The number of aromatic nitrogens is 1. The van der Waals surface area contributed by atoms with Crippen molar-refractivity contribution in [1.82, 2.24) is 9.88 Å². The summed E-state index contributed by atoms with van der Waals surface area (Å²) in [5, 5.41) is 9.85. The highest BCUT2D eigenvalue weighted by Gasteiger charge is 2.19. The van der Waals surface area contributed by atoms with E-state index in [0.717, 1.165) is 30.2 Å². The van der Waals surface area contributed by atoms with Crippen molar-refractivity contribution in [3.8, 4) is 0 Å². The van der Waals surface area contributed by atoms with E-state index in [2.05, 4.69) is 20.9 Å². The standard InChI is InChI=1S/C14H23N3O2.2C2H6/c1-11-4-5-14(13(15-11)9-16(2)3)17-6-7-19-10-12(18)8-17;2*1-2/h4-5,12,18H,6-10H2,1-3H3;2*1-2H3. The molecular formula is C18H35N3O2. The van der Waals surface area contributed by atoms with Gasteiger partial charge < -0.3 is 19.6 Å². The molecule has 0 bridgehead atoms. The summed E-state index contributed by atoms with van der Waals surface area (Å²) in [5.74, 6) is 0. The van der Waals surface area contributed by atoms with Crippen LogP contribution >= 0.6 is 0 Å². The topological polar surface area (TPSA) is 48.8 Å². The Kier molecular flexibility index (Phi) is 11.7. The second kappa shape index (κ2) is 12.3. The lowest BCUT2D eigenvalue weighted by atomic mass is 10.2. The molecule has 5 nitrogen and oxygen atoms in total. The van der Waals surface area contributed by atoms with Crippen LogP contribution in [0.3, 0.4) is 0 Å².